The van der Waals surface area contributed by atoms with Gasteiger partial charge in [-0.15, -0.1) is 0 Å². The van der Waals surface area contributed by atoms with E-state index < -0.39 is 18.0 Å². The monoisotopic (exact) mass is 407 g/mol. The fraction of sp³-hybridized carbons (Fsp3) is 0.609. The topological polar surface area (TPSA) is 104 Å². The Labute approximate surface area is 174 Å². The van der Waals surface area contributed by atoms with Crippen molar-refractivity contribution < 1.29 is 24.6 Å². The highest BCUT2D eigenvalue weighted by molar-refractivity contribution is 5.83. The SMILES string of the molecule is CC/C=C\C/C=C\C/C=C\CCCCCCCC(=O)N[C@@H](CCC(=O)O)C(=O)O. The average molecular weight is 408 g/mol. The zero-order valence-corrected chi connectivity index (χ0v) is 17.6. The van der Waals surface area contributed by atoms with Gasteiger partial charge in [0, 0.05) is 12.8 Å². The molecule has 0 heterocycles. The van der Waals surface area contributed by atoms with Crippen LogP contribution in [0.1, 0.15) is 84.0 Å². The highest BCUT2D eigenvalue weighted by Crippen LogP contribution is 2.08. The number of nitrogens with one attached hydrogen (secondary N) is 1. The van der Waals surface area contributed by atoms with Crippen LogP contribution in [0, 0.1) is 0 Å². The van der Waals surface area contributed by atoms with Gasteiger partial charge in [0.1, 0.15) is 6.04 Å². The Morgan fingerprint density at radius 2 is 1.38 bits per heavy atom. The van der Waals surface area contributed by atoms with E-state index in [-0.39, 0.29) is 25.2 Å². The minimum absolute atomic E-state index is 0.102. The summed E-state index contributed by atoms with van der Waals surface area (Å²) >= 11 is 0. The molecule has 0 saturated heterocycles. The second-order valence-corrected chi connectivity index (χ2v) is 6.99. The van der Waals surface area contributed by atoms with Crippen LogP contribution < -0.4 is 5.32 Å². The maximum absolute atomic E-state index is 11.8. The van der Waals surface area contributed by atoms with Gasteiger partial charge < -0.3 is 15.5 Å². The number of carbonyl (C=O) groups excluding carboxylic acids is 1. The van der Waals surface area contributed by atoms with Crippen molar-refractivity contribution >= 4 is 17.8 Å². The van der Waals surface area contributed by atoms with E-state index in [1.807, 2.05) is 0 Å². The van der Waals surface area contributed by atoms with Crippen molar-refractivity contribution in [2.24, 2.45) is 0 Å². The summed E-state index contributed by atoms with van der Waals surface area (Å²) in [4.78, 5) is 33.4. The van der Waals surface area contributed by atoms with Crippen LogP contribution in [0.3, 0.4) is 0 Å². The van der Waals surface area contributed by atoms with Gasteiger partial charge in [-0.25, -0.2) is 4.79 Å². The molecule has 0 spiro atoms. The number of hydrogen-bond acceptors (Lipinski definition) is 3. The molecule has 3 N–H and O–H groups in total. The Balaban J connectivity index is 3.65. The molecule has 0 aromatic rings. The molecule has 0 saturated carbocycles. The van der Waals surface area contributed by atoms with Gasteiger partial charge in [0.15, 0.2) is 0 Å². The quantitative estimate of drug-likeness (QED) is 0.219. The van der Waals surface area contributed by atoms with Gasteiger partial charge in [-0.3, -0.25) is 9.59 Å². The Kier molecular flexibility index (Phi) is 17.4. The van der Waals surface area contributed by atoms with Crippen LogP contribution in [0.15, 0.2) is 36.5 Å². The van der Waals surface area contributed by atoms with Crippen LogP contribution in [0.2, 0.25) is 0 Å². The Morgan fingerprint density at radius 1 is 0.793 bits per heavy atom. The first kappa shape index (κ1) is 26.6. The van der Waals surface area contributed by atoms with Crippen molar-refractivity contribution in [1.82, 2.24) is 5.32 Å². The van der Waals surface area contributed by atoms with Crippen molar-refractivity contribution in [2.75, 3.05) is 0 Å². The highest BCUT2D eigenvalue weighted by Gasteiger charge is 2.20. The molecular weight excluding hydrogens is 370 g/mol. The fourth-order valence-corrected chi connectivity index (χ4v) is 2.70. The lowest BCUT2D eigenvalue weighted by Gasteiger charge is -2.13. The highest BCUT2D eigenvalue weighted by atomic mass is 16.4. The van der Waals surface area contributed by atoms with Crippen LogP contribution in [0.5, 0.6) is 0 Å². The molecule has 6 heteroatoms. The molecule has 164 valence electrons. The van der Waals surface area contributed by atoms with Gasteiger partial charge in [0.2, 0.25) is 5.91 Å². The van der Waals surface area contributed by atoms with Gasteiger partial charge in [-0.2, -0.15) is 0 Å². The third-order valence-electron chi connectivity index (χ3n) is 4.33. The lowest BCUT2D eigenvalue weighted by atomic mass is 10.1. The molecule has 1 atom stereocenters. The number of carbonyl (C=O) groups is 3. The Hall–Kier alpha value is -2.37. The molecule has 0 fully saturated rings. The first-order valence-electron chi connectivity index (χ1n) is 10.7. The second kappa shape index (κ2) is 19.0. The third-order valence-corrected chi connectivity index (χ3v) is 4.33. The number of carboxylic acid groups (broad SMARTS) is 2. The lowest BCUT2D eigenvalue weighted by Crippen LogP contribution is -2.41. The Bertz CT molecular complexity index is 551. The maximum Gasteiger partial charge on any atom is 0.326 e. The summed E-state index contributed by atoms with van der Waals surface area (Å²) in [6.07, 6.45) is 22.0. The fourth-order valence-electron chi connectivity index (χ4n) is 2.70. The Morgan fingerprint density at radius 3 is 2.00 bits per heavy atom. The molecule has 0 unspecified atom stereocenters. The van der Waals surface area contributed by atoms with Crippen molar-refractivity contribution in [2.45, 2.75) is 90.0 Å². The first-order chi connectivity index (χ1) is 14.0. The average Bonchev–Trinajstić information content (AvgIpc) is 2.67. The molecule has 0 aromatic carbocycles. The summed E-state index contributed by atoms with van der Waals surface area (Å²) in [6, 6.07) is -1.13. The van der Waals surface area contributed by atoms with Crippen molar-refractivity contribution in [3.05, 3.63) is 36.5 Å². The summed E-state index contributed by atoms with van der Waals surface area (Å²) < 4.78 is 0. The number of rotatable bonds is 18. The van der Waals surface area contributed by atoms with E-state index in [0.717, 1.165) is 51.4 Å². The number of carboxylic acids is 2. The molecule has 0 aromatic heterocycles. The van der Waals surface area contributed by atoms with Crippen molar-refractivity contribution in [1.29, 1.82) is 0 Å². The number of allylic oxidation sites excluding steroid dienone is 6. The molecule has 0 radical (unpaired) electrons. The van der Waals surface area contributed by atoms with E-state index in [1.54, 1.807) is 0 Å². The first-order valence-corrected chi connectivity index (χ1v) is 10.7. The van der Waals surface area contributed by atoms with E-state index in [1.165, 1.54) is 0 Å². The molecular formula is C23H37NO5. The van der Waals surface area contributed by atoms with Crippen LogP contribution in [0.25, 0.3) is 0 Å². The van der Waals surface area contributed by atoms with E-state index in [9.17, 15) is 14.4 Å². The summed E-state index contributed by atoms with van der Waals surface area (Å²) in [5.74, 6) is -2.60. The van der Waals surface area contributed by atoms with Gasteiger partial charge in [-0.1, -0.05) is 62.6 Å². The molecule has 0 aliphatic rings. The normalized spacial score (nSPS) is 12.7. The molecule has 0 aliphatic carbocycles. The smallest absolute Gasteiger partial charge is 0.326 e. The predicted molar refractivity (Wildman–Crippen MR) is 116 cm³/mol. The van der Waals surface area contributed by atoms with Crippen LogP contribution in [0.4, 0.5) is 0 Å². The van der Waals surface area contributed by atoms with Crippen molar-refractivity contribution in [3.8, 4) is 0 Å². The predicted octanol–water partition coefficient (Wildman–Crippen LogP) is 5.01. The number of hydrogen-bond donors (Lipinski definition) is 3. The number of amides is 1. The summed E-state index contributed by atoms with van der Waals surface area (Å²) in [5, 5.41) is 20.0. The molecule has 0 rings (SSSR count). The van der Waals surface area contributed by atoms with E-state index in [2.05, 4.69) is 48.7 Å². The third kappa shape index (κ3) is 18.7. The number of unbranched alkanes of at least 4 members (excludes halogenated alkanes) is 5. The van der Waals surface area contributed by atoms with E-state index in [0.29, 0.717) is 6.42 Å². The standard InChI is InChI=1S/C23H37NO5/c1-2-3-4-5-6-7-8-9-10-11-12-13-14-15-16-17-21(25)24-20(23(28)29)18-19-22(26)27/h3-4,6-7,9-10,20H,2,5,8,11-19H2,1H3,(H,24,25)(H,26,27)(H,28,29)/b4-3-,7-6-,10-9-/t20-/m0/s1. The largest absolute Gasteiger partial charge is 0.481 e. The summed E-state index contributed by atoms with van der Waals surface area (Å²) in [6.45, 7) is 2.13. The summed E-state index contributed by atoms with van der Waals surface area (Å²) in [5.41, 5.74) is 0. The minimum Gasteiger partial charge on any atom is -0.481 e. The summed E-state index contributed by atoms with van der Waals surface area (Å²) in [7, 11) is 0. The van der Waals surface area contributed by atoms with Gasteiger partial charge in [-0.05, 0) is 44.9 Å². The molecule has 1 amide bonds. The van der Waals surface area contributed by atoms with Gasteiger partial charge in [0.05, 0.1) is 0 Å². The zero-order valence-electron chi connectivity index (χ0n) is 17.6. The van der Waals surface area contributed by atoms with Gasteiger partial charge in [0.25, 0.3) is 0 Å². The lowest BCUT2D eigenvalue weighted by molar-refractivity contribution is -0.143. The minimum atomic E-state index is -1.20. The van der Waals surface area contributed by atoms with Gasteiger partial charge >= 0.3 is 11.9 Å². The zero-order chi connectivity index (χ0) is 21.7. The van der Waals surface area contributed by atoms with E-state index in [4.69, 9.17) is 10.2 Å². The van der Waals surface area contributed by atoms with Crippen LogP contribution >= 0.6 is 0 Å². The molecule has 6 nitrogen and oxygen atoms in total. The van der Waals surface area contributed by atoms with Crippen LogP contribution in [-0.2, 0) is 14.4 Å². The molecule has 0 aliphatic heterocycles. The maximum atomic E-state index is 11.8. The molecule has 29 heavy (non-hydrogen) atoms. The molecule has 0 bridgehead atoms. The van der Waals surface area contributed by atoms with Crippen LogP contribution in [-0.4, -0.2) is 34.1 Å². The second-order valence-electron chi connectivity index (χ2n) is 6.99. The number of aliphatic carboxylic acids is 2. The van der Waals surface area contributed by atoms with Crippen molar-refractivity contribution in [3.63, 3.8) is 0 Å². The van der Waals surface area contributed by atoms with E-state index >= 15 is 0 Å².